The highest BCUT2D eigenvalue weighted by atomic mass is 32.1. The zero-order valence-corrected chi connectivity index (χ0v) is 15.6. The van der Waals surface area contributed by atoms with Crippen molar-refractivity contribution in [1.82, 2.24) is 0 Å². The largest absolute Gasteiger partial charge is 0.508 e. The minimum atomic E-state index is -1.02. The fraction of sp³-hybridized carbons (Fsp3) is 0.316. The van der Waals surface area contributed by atoms with Gasteiger partial charge in [0.15, 0.2) is 6.10 Å². The first-order valence-electron chi connectivity index (χ1n) is 8.57. The number of carbonyl (C=O) groups excluding carboxylic acids is 3. The predicted molar refractivity (Wildman–Crippen MR) is 101 cm³/mol. The number of ether oxygens (including phenoxy) is 1. The molecule has 1 aliphatic carbocycles. The SMILES string of the molecule is C[C@H](OC(=O)Cc1ccc(O)cc1)C(=O)Nc1sc2c(c1C(N)=O)CCC2. The third-order valence-corrected chi connectivity index (χ3v) is 5.57. The molecule has 8 heteroatoms. The van der Waals surface area contributed by atoms with Crippen LogP contribution in [0.2, 0.25) is 0 Å². The van der Waals surface area contributed by atoms with Gasteiger partial charge in [-0.3, -0.25) is 14.4 Å². The minimum Gasteiger partial charge on any atom is -0.508 e. The average Bonchev–Trinajstić information content (AvgIpc) is 3.16. The predicted octanol–water partition coefficient (Wildman–Crippen LogP) is 2.15. The molecule has 3 rings (SSSR count). The highest BCUT2D eigenvalue weighted by Gasteiger charge is 2.27. The van der Waals surface area contributed by atoms with Gasteiger partial charge in [0.1, 0.15) is 10.8 Å². The summed E-state index contributed by atoms with van der Waals surface area (Å²) in [4.78, 5) is 37.2. The highest BCUT2D eigenvalue weighted by molar-refractivity contribution is 7.17. The molecule has 0 unspecified atom stereocenters. The molecule has 1 heterocycles. The van der Waals surface area contributed by atoms with Crippen LogP contribution in [0.5, 0.6) is 5.75 Å². The molecule has 27 heavy (non-hydrogen) atoms. The van der Waals surface area contributed by atoms with E-state index in [1.165, 1.54) is 30.4 Å². The van der Waals surface area contributed by atoms with E-state index < -0.39 is 23.9 Å². The van der Waals surface area contributed by atoms with Crippen molar-refractivity contribution in [2.75, 3.05) is 5.32 Å². The number of phenols is 1. The zero-order chi connectivity index (χ0) is 19.6. The first-order valence-corrected chi connectivity index (χ1v) is 9.39. The number of phenolic OH excluding ortho intramolecular Hbond substituents is 1. The molecule has 2 amide bonds. The molecular weight excluding hydrogens is 368 g/mol. The number of nitrogens with two attached hydrogens (primary N) is 1. The molecule has 0 bridgehead atoms. The lowest BCUT2D eigenvalue weighted by Gasteiger charge is -2.13. The number of aryl methyl sites for hydroxylation is 1. The van der Waals surface area contributed by atoms with Crippen LogP contribution in [-0.4, -0.2) is 29.0 Å². The number of aromatic hydroxyl groups is 1. The number of fused-ring (bicyclic) bond motifs is 1. The molecule has 0 aliphatic heterocycles. The fourth-order valence-electron chi connectivity index (χ4n) is 3.04. The summed E-state index contributed by atoms with van der Waals surface area (Å²) in [6, 6.07) is 6.15. The lowest BCUT2D eigenvalue weighted by atomic mass is 10.1. The summed E-state index contributed by atoms with van der Waals surface area (Å²) in [7, 11) is 0. The van der Waals surface area contributed by atoms with Gasteiger partial charge in [0, 0.05) is 4.88 Å². The molecule has 0 spiro atoms. The van der Waals surface area contributed by atoms with Gasteiger partial charge in [-0.2, -0.15) is 0 Å². The number of primary amides is 1. The molecule has 0 fully saturated rings. The van der Waals surface area contributed by atoms with E-state index in [9.17, 15) is 19.5 Å². The molecule has 0 saturated carbocycles. The van der Waals surface area contributed by atoms with E-state index in [0.717, 1.165) is 29.7 Å². The summed E-state index contributed by atoms with van der Waals surface area (Å²) in [5, 5.41) is 12.3. The van der Waals surface area contributed by atoms with E-state index in [2.05, 4.69) is 5.32 Å². The van der Waals surface area contributed by atoms with Gasteiger partial charge >= 0.3 is 5.97 Å². The Morgan fingerprint density at radius 3 is 2.63 bits per heavy atom. The van der Waals surface area contributed by atoms with E-state index in [4.69, 9.17) is 10.5 Å². The number of anilines is 1. The second kappa shape index (κ2) is 7.79. The van der Waals surface area contributed by atoms with Crippen molar-refractivity contribution in [1.29, 1.82) is 0 Å². The molecule has 0 saturated heterocycles. The summed E-state index contributed by atoms with van der Waals surface area (Å²) >= 11 is 1.35. The molecule has 2 aromatic rings. The molecular formula is C19H20N2O5S. The Morgan fingerprint density at radius 1 is 1.26 bits per heavy atom. The molecule has 1 aliphatic rings. The van der Waals surface area contributed by atoms with Crippen LogP contribution in [0.1, 0.15) is 39.7 Å². The summed E-state index contributed by atoms with van der Waals surface area (Å²) in [6.07, 6.45) is 1.58. The number of hydrogen-bond acceptors (Lipinski definition) is 6. The van der Waals surface area contributed by atoms with Gasteiger partial charge in [-0.1, -0.05) is 12.1 Å². The van der Waals surface area contributed by atoms with Gasteiger partial charge in [0.25, 0.3) is 11.8 Å². The first kappa shape index (κ1) is 18.9. The van der Waals surface area contributed by atoms with Gasteiger partial charge in [-0.15, -0.1) is 11.3 Å². The number of hydrogen-bond donors (Lipinski definition) is 3. The standard InChI is InChI=1S/C19H20N2O5S/c1-10(26-15(23)9-11-5-7-12(22)8-6-11)18(25)21-19-16(17(20)24)13-3-2-4-14(13)27-19/h5-8,10,22H,2-4,9H2,1H3,(H2,20,24)(H,21,25)/t10-/m0/s1. The van der Waals surface area contributed by atoms with E-state index in [1.807, 2.05) is 0 Å². The normalized spacial score (nSPS) is 13.7. The maximum Gasteiger partial charge on any atom is 0.311 e. The maximum atomic E-state index is 12.4. The lowest BCUT2D eigenvalue weighted by Crippen LogP contribution is -2.31. The van der Waals surface area contributed by atoms with Gasteiger partial charge in [0.05, 0.1) is 12.0 Å². The van der Waals surface area contributed by atoms with Crippen molar-refractivity contribution in [3.8, 4) is 5.75 Å². The first-order chi connectivity index (χ1) is 12.8. The van der Waals surface area contributed by atoms with Gasteiger partial charge in [-0.25, -0.2) is 0 Å². The number of rotatable bonds is 6. The minimum absolute atomic E-state index is 0.0161. The fourth-order valence-corrected chi connectivity index (χ4v) is 4.34. The van der Waals surface area contributed by atoms with Gasteiger partial charge in [-0.05, 0) is 49.4 Å². The van der Waals surface area contributed by atoms with Crippen molar-refractivity contribution in [3.05, 3.63) is 45.8 Å². The van der Waals surface area contributed by atoms with Crippen LogP contribution in [0, 0.1) is 0 Å². The third kappa shape index (κ3) is 4.28. The Hall–Kier alpha value is -2.87. The number of carbonyl (C=O) groups is 3. The van der Waals surface area contributed by atoms with Crippen LogP contribution >= 0.6 is 11.3 Å². The molecule has 1 atom stereocenters. The lowest BCUT2D eigenvalue weighted by molar-refractivity contribution is -0.152. The van der Waals surface area contributed by atoms with Crippen LogP contribution in [0.4, 0.5) is 5.00 Å². The van der Waals surface area contributed by atoms with Crippen molar-refractivity contribution in [3.63, 3.8) is 0 Å². The van der Waals surface area contributed by atoms with E-state index in [-0.39, 0.29) is 12.2 Å². The average molecular weight is 388 g/mol. The monoisotopic (exact) mass is 388 g/mol. The Labute approximate surface area is 160 Å². The highest BCUT2D eigenvalue weighted by Crippen LogP contribution is 2.38. The van der Waals surface area contributed by atoms with Crippen molar-refractivity contribution in [2.24, 2.45) is 5.73 Å². The molecule has 1 aromatic carbocycles. The number of esters is 1. The van der Waals surface area contributed by atoms with Crippen LogP contribution in [0.15, 0.2) is 24.3 Å². The topological polar surface area (TPSA) is 119 Å². The number of benzene rings is 1. The second-order valence-electron chi connectivity index (χ2n) is 6.39. The number of nitrogens with one attached hydrogen (secondary N) is 1. The second-order valence-corrected chi connectivity index (χ2v) is 7.50. The summed E-state index contributed by atoms with van der Waals surface area (Å²) in [6.45, 7) is 1.47. The summed E-state index contributed by atoms with van der Waals surface area (Å²) in [5.41, 5.74) is 7.42. The zero-order valence-electron chi connectivity index (χ0n) is 14.8. The molecule has 4 N–H and O–H groups in total. The Kier molecular flexibility index (Phi) is 5.46. The molecule has 7 nitrogen and oxygen atoms in total. The van der Waals surface area contributed by atoms with Crippen LogP contribution < -0.4 is 11.1 Å². The molecule has 0 radical (unpaired) electrons. The third-order valence-electron chi connectivity index (χ3n) is 4.37. The summed E-state index contributed by atoms with van der Waals surface area (Å²) < 4.78 is 5.17. The Balaban J connectivity index is 1.62. The van der Waals surface area contributed by atoms with Crippen LogP contribution in [0.25, 0.3) is 0 Å². The number of amides is 2. The molecule has 142 valence electrons. The number of thiophene rings is 1. The van der Waals surface area contributed by atoms with Crippen LogP contribution in [-0.2, 0) is 33.6 Å². The summed E-state index contributed by atoms with van der Waals surface area (Å²) in [5.74, 6) is -1.54. The van der Waals surface area contributed by atoms with Crippen molar-refractivity contribution >= 4 is 34.1 Å². The van der Waals surface area contributed by atoms with Gasteiger partial charge < -0.3 is 20.9 Å². The maximum absolute atomic E-state index is 12.4. The Bertz CT molecular complexity index is 888. The van der Waals surface area contributed by atoms with Crippen molar-refractivity contribution < 1.29 is 24.2 Å². The quantitative estimate of drug-likeness (QED) is 0.655. The smallest absolute Gasteiger partial charge is 0.311 e. The van der Waals surface area contributed by atoms with E-state index in [0.29, 0.717) is 16.1 Å². The van der Waals surface area contributed by atoms with Gasteiger partial charge in [0.2, 0.25) is 0 Å². The Morgan fingerprint density at radius 2 is 1.96 bits per heavy atom. The van der Waals surface area contributed by atoms with E-state index in [1.54, 1.807) is 12.1 Å². The van der Waals surface area contributed by atoms with Crippen molar-refractivity contribution in [2.45, 2.75) is 38.7 Å². The molecule has 1 aromatic heterocycles. The van der Waals surface area contributed by atoms with E-state index >= 15 is 0 Å². The van der Waals surface area contributed by atoms with Crippen LogP contribution in [0.3, 0.4) is 0 Å².